The molecule has 1 aromatic carbocycles. The van der Waals surface area contributed by atoms with Crippen LogP contribution in [-0.4, -0.2) is 9.97 Å². The van der Waals surface area contributed by atoms with E-state index in [2.05, 4.69) is 16.5 Å². The Balaban J connectivity index is 2.46. The molecule has 0 unspecified atom stereocenters. The lowest BCUT2D eigenvalue weighted by molar-refractivity contribution is 0.928. The molecular weight excluding hydrogens is 327 g/mol. The summed E-state index contributed by atoms with van der Waals surface area (Å²) in [5.41, 5.74) is 3.56. The SMILES string of the molecule is C=C(C)c1nc(Cl)c(Cc2ccc(Cl)cc2Cl)c(CC)n1. The predicted octanol–water partition coefficient (Wildman–Crippen LogP) is 5.62. The van der Waals surface area contributed by atoms with E-state index in [1.54, 1.807) is 6.07 Å². The summed E-state index contributed by atoms with van der Waals surface area (Å²) >= 11 is 18.5. The van der Waals surface area contributed by atoms with Crippen molar-refractivity contribution in [1.82, 2.24) is 9.97 Å². The third-order valence-corrected chi connectivity index (χ3v) is 4.04. The van der Waals surface area contributed by atoms with Gasteiger partial charge in [-0.1, -0.05) is 54.4 Å². The molecule has 110 valence electrons. The van der Waals surface area contributed by atoms with E-state index in [4.69, 9.17) is 34.8 Å². The number of halogens is 3. The molecule has 0 saturated heterocycles. The summed E-state index contributed by atoms with van der Waals surface area (Å²) in [5.74, 6) is 0.586. The largest absolute Gasteiger partial charge is 0.233 e. The van der Waals surface area contributed by atoms with Crippen LogP contribution in [0.2, 0.25) is 15.2 Å². The standard InChI is InChI=1S/C16H15Cl3N2/c1-4-14-12(15(19)21-16(20-14)9(2)3)7-10-5-6-11(17)8-13(10)18/h5-6,8H,2,4,7H2,1,3H3. The Kier molecular flexibility index (Phi) is 5.26. The summed E-state index contributed by atoms with van der Waals surface area (Å²) in [7, 11) is 0. The van der Waals surface area contributed by atoms with Crippen molar-refractivity contribution in [2.45, 2.75) is 26.7 Å². The summed E-state index contributed by atoms with van der Waals surface area (Å²) < 4.78 is 0. The van der Waals surface area contributed by atoms with Crippen molar-refractivity contribution >= 4 is 40.4 Å². The zero-order chi connectivity index (χ0) is 15.6. The Labute approximate surface area is 139 Å². The van der Waals surface area contributed by atoms with Crippen LogP contribution in [0.3, 0.4) is 0 Å². The Bertz CT molecular complexity index is 696. The highest BCUT2D eigenvalue weighted by molar-refractivity contribution is 6.35. The van der Waals surface area contributed by atoms with Gasteiger partial charge in [-0.25, -0.2) is 9.97 Å². The fraction of sp³-hybridized carbons (Fsp3) is 0.250. The van der Waals surface area contributed by atoms with Crippen molar-refractivity contribution in [3.8, 4) is 0 Å². The van der Waals surface area contributed by atoms with Crippen molar-refractivity contribution in [1.29, 1.82) is 0 Å². The lowest BCUT2D eigenvalue weighted by Crippen LogP contribution is -2.05. The van der Waals surface area contributed by atoms with Crippen molar-refractivity contribution < 1.29 is 0 Å². The van der Waals surface area contributed by atoms with E-state index in [0.29, 0.717) is 27.4 Å². The van der Waals surface area contributed by atoms with Gasteiger partial charge < -0.3 is 0 Å². The third kappa shape index (κ3) is 3.76. The number of allylic oxidation sites excluding steroid dienone is 1. The number of hydrogen-bond acceptors (Lipinski definition) is 2. The van der Waals surface area contributed by atoms with E-state index in [1.807, 2.05) is 26.0 Å². The molecule has 2 aromatic rings. The number of aryl methyl sites for hydroxylation is 1. The molecule has 0 radical (unpaired) electrons. The molecule has 0 bridgehead atoms. The molecule has 0 aliphatic heterocycles. The summed E-state index contributed by atoms with van der Waals surface area (Å²) in [4.78, 5) is 8.84. The van der Waals surface area contributed by atoms with Crippen LogP contribution in [0, 0.1) is 0 Å². The van der Waals surface area contributed by atoms with Crippen molar-refractivity contribution in [3.63, 3.8) is 0 Å². The van der Waals surface area contributed by atoms with E-state index < -0.39 is 0 Å². The van der Waals surface area contributed by atoms with Crippen molar-refractivity contribution in [3.05, 3.63) is 62.6 Å². The molecule has 5 heteroatoms. The first kappa shape index (κ1) is 16.3. The third-order valence-electron chi connectivity index (χ3n) is 3.14. The lowest BCUT2D eigenvalue weighted by atomic mass is 10.0. The highest BCUT2D eigenvalue weighted by Gasteiger charge is 2.14. The lowest BCUT2D eigenvalue weighted by Gasteiger charge is -2.12. The van der Waals surface area contributed by atoms with E-state index in [0.717, 1.165) is 28.8 Å². The Hall–Kier alpha value is -1.09. The highest BCUT2D eigenvalue weighted by atomic mass is 35.5. The summed E-state index contributed by atoms with van der Waals surface area (Å²) in [6.07, 6.45) is 1.34. The van der Waals surface area contributed by atoms with Gasteiger partial charge >= 0.3 is 0 Å². The normalized spacial score (nSPS) is 10.7. The number of nitrogens with zero attached hydrogens (tertiary/aromatic N) is 2. The molecule has 0 atom stereocenters. The number of rotatable bonds is 4. The molecular formula is C16H15Cl3N2. The van der Waals surface area contributed by atoms with Crippen LogP contribution in [0.4, 0.5) is 0 Å². The first-order chi connectivity index (χ1) is 9.92. The molecule has 0 N–H and O–H groups in total. The van der Waals surface area contributed by atoms with Crippen LogP contribution in [0.15, 0.2) is 24.8 Å². The van der Waals surface area contributed by atoms with Gasteiger partial charge in [-0.05, 0) is 36.6 Å². The molecule has 0 fully saturated rings. The Morgan fingerprint density at radius 2 is 1.90 bits per heavy atom. The fourth-order valence-corrected chi connectivity index (χ4v) is 2.74. The minimum atomic E-state index is 0.450. The molecule has 0 aliphatic rings. The first-order valence-electron chi connectivity index (χ1n) is 6.57. The van der Waals surface area contributed by atoms with Gasteiger partial charge in [-0.2, -0.15) is 0 Å². The van der Waals surface area contributed by atoms with Gasteiger partial charge in [-0.15, -0.1) is 0 Å². The number of hydrogen-bond donors (Lipinski definition) is 0. The Morgan fingerprint density at radius 1 is 1.19 bits per heavy atom. The average molecular weight is 342 g/mol. The van der Waals surface area contributed by atoms with E-state index in [-0.39, 0.29) is 0 Å². The zero-order valence-corrected chi connectivity index (χ0v) is 14.1. The maximum Gasteiger partial charge on any atom is 0.156 e. The van der Waals surface area contributed by atoms with Gasteiger partial charge in [0.25, 0.3) is 0 Å². The van der Waals surface area contributed by atoms with Gasteiger partial charge in [0.05, 0.1) is 0 Å². The van der Waals surface area contributed by atoms with Gasteiger partial charge in [-0.3, -0.25) is 0 Å². The first-order valence-corrected chi connectivity index (χ1v) is 7.70. The number of aromatic nitrogens is 2. The quantitative estimate of drug-likeness (QED) is 0.674. The molecule has 1 aromatic heterocycles. The van der Waals surface area contributed by atoms with E-state index in [1.165, 1.54) is 0 Å². The predicted molar refractivity (Wildman–Crippen MR) is 90.4 cm³/mol. The van der Waals surface area contributed by atoms with E-state index >= 15 is 0 Å². The van der Waals surface area contributed by atoms with Gasteiger partial charge in [0.2, 0.25) is 0 Å². The smallest absolute Gasteiger partial charge is 0.156 e. The second kappa shape index (κ2) is 6.78. The second-order valence-corrected chi connectivity index (χ2v) is 6.01. The fourth-order valence-electron chi connectivity index (χ4n) is 2.01. The van der Waals surface area contributed by atoms with Crippen molar-refractivity contribution in [2.75, 3.05) is 0 Å². The minimum Gasteiger partial charge on any atom is -0.233 e. The second-order valence-electron chi connectivity index (χ2n) is 4.81. The van der Waals surface area contributed by atoms with Crippen LogP contribution in [0.25, 0.3) is 5.57 Å². The monoisotopic (exact) mass is 340 g/mol. The summed E-state index contributed by atoms with van der Waals surface area (Å²) in [5, 5.41) is 1.68. The van der Waals surface area contributed by atoms with Gasteiger partial charge in [0, 0.05) is 27.7 Å². The van der Waals surface area contributed by atoms with Crippen LogP contribution in [-0.2, 0) is 12.8 Å². The highest BCUT2D eigenvalue weighted by Crippen LogP contribution is 2.27. The molecule has 0 saturated carbocycles. The zero-order valence-electron chi connectivity index (χ0n) is 11.9. The molecule has 0 aliphatic carbocycles. The molecule has 1 heterocycles. The number of benzene rings is 1. The van der Waals surface area contributed by atoms with Gasteiger partial charge in [0.1, 0.15) is 5.15 Å². The Morgan fingerprint density at radius 3 is 2.48 bits per heavy atom. The summed E-state index contributed by atoms with van der Waals surface area (Å²) in [6.45, 7) is 7.76. The molecule has 0 spiro atoms. The average Bonchev–Trinajstić information content (AvgIpc) is 2.42. The topological polar surface area (TPSA) is 25.8 Å². The van der Waals surface area contributed by atoms with Crippen molar-refractivity contribution in [2.24, 2.45) is 0 Å². The van der Waals surface area contributed by atoms with Crippen LogP contribution in [0.5, 0.6) is 0 Å². The maximum atomic E-state index is 6.33. The molecule has 21 heavy (non-hydrogen) atoms. The van der Waals surface area contributed by atoms with E-state index in [9.17, 15) is 0 Å². The molecule has 2 nitrogen and oxygen atoms in total. The van der Waals surface area contributed by atoms with Crippen LogP contribution < -0.4 is 0 Å². The molecule has 2 rings (SSSR count). The summed E-state index contributed by atoms with van der Waals surface area (Å²) in [6, 6.07) is 5.43. The minimum absolute atomic E-state index is 0.450. The van der Waals surface area contributed by atoms with Gasteiger partial charge in [0.15, 0.2) is 5.82 Å². The molecule has 0 amide bonds. The maximum absolute atomic E-state index is 6.33. The van der Waals surface area contributed by atoms with Crippen LogP contribution >= 0.6 is 34.8 Å². The van der Waals surface area contributed by atoms with Crippen LogP contribution in [0.1, 0.15) is 36.5 Å².